The van der Waals surface area contributed by atoms with Gasteiger partial charge in [0.1, 0.15) is 0 Å². The molecule has 82 valence electrons. The van der Waals surface area contributed by atoms with Crippen molar-refractivity contribution in [3.63, 3.8) is 0 Å². The number of carboxylic acids is 1. The first-order valence-electron chi connectivity index (χ1n) is 5.52. The lowest BCUT2D eigenvalue weighted by Gasteiger charge is -2.26. The van der Waals surface area contributed by atoms with E-state index in [2.05, 4.69) is 6.92 Å². The Kier molecular flexibility index (Phi) is 5.38. The highest BCUT2D eigenvalue weighted by Gasteiger charge is 2.18. The van der Waals surface area contributed by atoms with Crippen molar-refractivity contribution >= 4 is 17.7 Å². The van der Waals surface area contributed by atoms with Gasteiger partial charge in [-0.1, -0.05) is 19.8 Å². The number of carbonyl (C=O) groups is 1. The third kappa shape index (κ3) is 4.89. The molecule has 0 aliphatic heterocycles. The van der Waals surface area contributed by atoms with Crippen molar-refractivity contribution in [1.29, 1.82) is 0 Å². The smallest absolute Gasteiger partial charge is 0.303 e. The molecule has 2 unspecified atom stereocenters. The molecule has 1 saturated carbocycles. The van der Waals surface area contributed by atoms with Gasteiger partial charge in [0, 0.05) is 11.7 Å². The molecule has 0 heterocycles. The molecule has 0 bridgehead atoms. The van der Waals surface area contributed by atoms with Crippen LogP contribution in [0.25, 0.3) is 0 Å². The number of hydrogen-bond donors (Lipinski definition) is 1. The van der Waals surface area contributed by atoms with Crippen LogP contribution in [-0.4, -0.2) is 22.1 Å². The second kappa shape index (κ2) is 6.33. The summed E-state index contributed by atoms with van der Waals surface area (Å²) in [5, 5.41) is 9.28. The monoisotopic (exact) mass is 216 g/mol. The van der Waals surface area contributed by atoms with E-state index < -0.39 is 5.97 Å². The maximum absolute atomic E-state index is 10.3. The van der Waals surface area contributed by atoms with Gasteiger partial charge in [-0.05, 0) is 30.9 Å². The number of hydrogen-bond acceptors (Lipinski definition) is 2. The zero-order chi connectivity index (χ0) is 10.4. The van der Waals surface area contributed by atoms with Crippen LogP contribution in [0.5, 0.6) is 0 Å². The molecule has 0 aromatic carbocycles. The van der Waals surface area contributed by atoms with Gasteiger partial charge in [-0.3, -0.25) is 4.79 Å². The predicted octanol–water partition coefficient (Wildman–Crippen LogP) is 3.16. The number of carboxylic acid groups (broad SMARTS) is 1. The molecular formula is C11H20O2S. The van der Waals surface area contributed by atoms with E-state index in [1.165, 1.54) is 25.7 Å². The van der Waals surface area contributed by atoms with Gasteiger partial charge in [-0.2, -0.15) is 11.8 Å². The van der Waals surface area contributed by atoms with E-state index in [0.29, 0.717) is 6.42 Å². The van der Waals surface area contributed by atoms with Crippen LogP contribution in [0.3, 0.4) is 0 Å². The molecule has 0 saturated heterocycles. The molecule has 2 atom stereocenters. The van der Waals surface area contributed by atoms with Gasteiger partial charge in [0.2, 0.25) is 0 Å². The van der Waals surface area contributed by atoms with Crippen LogP contribution in [0.15, 0.2) is 0 Å². The van der Waals surface area contributed by atoms with Crippen LogP contribution in [-0.2, 0) is 4.79 Å². The van der Waals surface area contributed by atoms with E-state index in [-0.39, 0.29) is 0 Å². The van der Waals surface area contributed by atoms with Crippen molar-refractivity contribution in [2.24, 2.45) is 5.92 Å². The summed E-state index contributed by atoms with van der Waals surface area (Å²) >= 11 is 1.98. The summed E-state index contributed by atoms with van der Waals surface area (Å²) < 4.78 is 0. The maximum atomic E-state index is 10.3. The molecule has 0 amide bonds. The minimum Gasteiger partial charge on any atom is -0.481 e. The summed E-state index contributed by atoms with van der Waals surface area (Å²) in [6.45, 7) is 2.32. The third-order valence-corrected chi connectivity index (χ3v) is 4.20. The standard InChI is InChI=1S/C11H20O2S/c1-9-4-2-5-10(8-9)14-7-3-6-11(12)13/h9-10H,2-8H2,1H3,(H,12,13). The van der Waals surface area contributed by atoms with E-state index in [4.69, 9.17) is 5.11 Å². The van der Waals surface area contributed by atoms with Crippen LogP contribution in [0.1, 0.15) is 45.4 Å². The van der Waals surface area contributed by atoms with Gasteiger partial charge in [-0.15, -0.1) is 0 Å². The quantitative estimate of drug-likeness (QED) is 0.717. The topological polar surface area (TPSA) is 37.3 Å². The molecule has 0 aromatic rings. The van der Waals surface area contributed by atoms with E-state index in [1.54, 1.807) is 0 Å². The van der Waals surface area contributed by atoms with Crippen LogP contribution in [0.4, 0.5) is 0 Å². The summed E-state index contributed by atoms with van der Waals surface area (Å²) in [5.74, 6) is 1.23. The average molecular weight is 216 g/mol. The lowest BCUT2D eigenvalue weighted by Crippen LogP contribution is -2.15. The minimum atomic E-state index is -0.664. The van der Waals surface area contributed by atoms with Gasteiger partial charge < -0.3 is 5.11 Å². The average Bonchev–Trinajstić information content (AvgIpc) is 2.12. The van der Waals surface area contributed by atoms with Crippen LogP contribution < -0.4 is 0 Å². The third-order valence-electron chi connectivity index (χ3n) is 2.78. The molecule has 0 spiro atoms. The molecule has 1 aliphatic rings. The molecule has 1 N–H and O–H groups in total. The Morgan fingerprint density at radius 3 is 2.93 bits per heavy atom. The lowest BCUT2D eigenvalue weighted by molar-refractivity contribution is -0.137. The van der Waals surface area contributed by atoms with E-state index >= 15 is 0 Å². The Balaban J connectivity index is 2.03. The Hall–Kier alpha value is -0.180. The van der Waals surface area contributed by atoms with E-state index in [0.717, 1.165) is 23.3 Å². The van der Waals surface area contributed by atoms with Gasteiger partial charge in [0.25, 0.3) is 0 Å². The molecule has 1 fully saturated rings. The van der Waals surface area contributed by atoms with Crippen LogP contribution >= 0.6 is 11.8 Å². The van der Waals surface area contributed by atoms with E-state index in [1.807, 2.05) is 11.8 Å². The van der Waals surface area contributed by atoms with Crippen LogP contribution in [0.2, 0.25) is 0 Å². The second-order valence-corrected chi connectivity index (χ2v) is 5.67. The SMILES string of the molecule is CC1CCCC(SCCCC(=O)O)C1. The summed E-state index contributed by atoms with van der Waals surface area (Å²) in [6.07, 6.45) is 6.56. The van der Waals surface area contributed by atoms with Crippen molar-refractivity contribution in [2.75, 3.05) is 5.75 Å². The summed E-state index contributed by atoms with van der Waals surface area (Å²) in [6, 6.07) is 0. The Bertz CT molecular complexity index is 182. The Labute approximate surface area is 90.5 Å². The van der Waals surface area contributed by atoms with E-state index in [9.17, 15) is 4.79 Å². The molecule has 0 aromatic heterocycles. The molecule has 1 rings (SSSR count). The Morgan fingerprint density at radius 1 is 1.50 bits per heavy atom. The lowest BCUT2D eigenvalue weighted by atomic mass is 9.91. The highest BCUT2D eigenvalue weighted by Crippen LogP contribution is 2.32. The van der Waals surface area contributed by atoms with Crippen molar-refractivity contribution in [3.05, 3.63) is 0 Å². The van der Waals surface area contributed by atoms with Gasteiger partial charge in [0.15, 0.2) is 0 Å². The molecule has 2 nitrogen and oxygen atoms in total. The zero-order valence-electron chi connectivity index (χ0n) is 8.87. The van der Waals surface area contributed by atoms with Crippen molar-refractivity contribution < 1.29 is 9.90 Å². The first kappa shape index (κ1) is 11.9. The normalized spacial score (nSPS) is 27.5. The van der Waals surface area contributed by atoms with Gasteiger partial charge in [0.05, 0.1) is 0 Å². The number of thioether (sulfide) groups is 1. The molecule has 3 heteroatoms. The first-order valence-corrected chi connectivity index (χ1v) is 6.56. The largest absolute Gasteiger partial charge is 0.481 e. The summed E-state index contributed by atoms with van der Waals surface area (Å²) in [4.78, 5) is 10.3. The molecule has 14 heavy (non-hydrogen) atoms. The van der Waals surface area contributed by atoms with Gasteiger partial charge in [-0.25, -0.2) is 0 Å². The zero-order valence-corrected chi connectivity index (χ0v) is 9.68. The highest BCUT2D eigenvalue weighted by molar-refractivity contribution is 7.99. The molecule has 1 aliphatic carbocycles. The Morgan fingerprint density at radius 2 is 2.29 bits per heavy atom. The van der Waals surface area contributed by atoms with Crippen molar-refractivity contribution in [3.8, 4) is 0 Å². The number of rotatable bonds is 5. The molecule has 0 radical (unpaired) electrons. The van der Waals surface area contributed by atoms with Crippen molar-refractivity contribution in [1.82, 2.24) is 0 Å². The maximum Gasteiger partial charge on any atom is 0.303 e. The van der Waals surface area contributed by atoms with Crippen molar-refractivity contribution in [2.45, 2.75) is 50.7 Å². The number of aliphatic carboxylic acids is 1. The summed E-state index contributed by atoms with van der Waals surface area (Å²) in [5.41, 5.74) is 0. The fourth-order valence-corrected chi connectivity index (χ4v) is 3.45. The highest BCUT2D eigenvalue weighted by atomic mass is 32.2. The fourth-order valence-electron chi connectivity index (χ4n) is 2.00. The first-order chi connectivity index (χ1) is 6.68. The van der Waals surface area contributed by atoms with Gasteiger partial charge >= 0.3 is 5.97 Å². The minimum absolute atomic E-state index is 0.329. The second-order valence-electron chi connectivity index (χ2n) is 4.26. The fraction of sp³-hybridized carbons (Fsp3) is 0.909. The predicted molar refractivity (Wildman–Crippen MR) is 60.7 cm³/mol. The summed E-state index contributed by atoms with van der Waals surface area (Å²) in [7, 11) is 0. The molecular weight excluding hydrogens is 196 g/mol. The van der Waals surface area contributed by atoms with Crippen LogP contribution in [0, 0.1) is 5.92 Å².